The summed E-state index contributed by atoms with van der Waals surface area (Å²) in [6, 6.07) is 21.4. The number of nitrogens with one attached hydrogen (secondary N) is 1. The molecular weight excluding hydrogens is 821 g/mol. The number of hydrogen-bond acceptors (Lipinski definition) is 11. The summed E-state index contributed by atoms with van der Waals surface area (Å²) < 4.78 is 26.6. The molecule has 3 aliphatic carbocycles. The van der Waals surface area contributed by atoms with Crippen molar-refractivity contribution in [3.63, 3.8) is 0 Å². The molecule has 0 spiro atoms. The fourth-order valence-corrected chi connectivity index (χ4v) is 11.4. The molecule has 3 aromatic carbocycles. The lowest BCUT2D eigenvalue weighted by Gasteiger charge is -2.55. The Bertz CT molecular complexity index is 2410. The molecule has 5 atom stereocenters. The Balaban J connectivity index is 1.33. The lowest BCUT2D eigenvalue weighted by molar-refractivity contribution is -0.140. The number of ketones is 2. The molecule has 11 nitrogen and oxygen atoms in total. The number of aromatic nitrogens is 1. The van der Waals surface area contributed by atoms with Gasteiger partial charge in [0.1, 0.15) is 30.3 Å². The highest BCUT2D eigenvalue weighted by atomic mass is 28.4. The Kier molecular flexibility index (Phi) is 12.3. The number of benzene rings is 3. The van der Waals surface area contributed by atoms with Gasteiger partial charge in [0.05, 0.1) is 11.6 Å². The van der Waals surface area contributed by atoms with Gasteiger partial charge in [0, 0.05) is 42.9 Å². The number of Topliss-reactive ketones (excluding diaryl/α,β-unsaturated/α-hetero) is 2. The SMILES string of the molecule is C[C@@H](NCc1cc(OCc2ccccc2)c2c(c1N1CCCC1)C[C@H]1C[C@H]3[C@H](N(C)C)c4onc(OCc5ccccc5)c4C(=O)[C@@]3(O[Si](C)(C)C(C)(C)C)C(=O)C1=C2O)C(C)(C)C. The van der Waals surface area contributed by atoms with Crippen LogP contribution in [0.4, 0.5) is 5.69 Å². The fourth-order valence-electron chi connectivity index (χ4n) is 9.95. The van der Waals surface area contributed by atoms with Crippen molar-refractivity contribution in [1.82, 2.24) is 15.4 Å². The Morgan fingerprint density at radius 3 is 2.11 bits per heavy atom. The van der Waals surface area contributed by atoms with Gasteiger partial charge in [0.25, 0.3) is 5.88 Å². The van der Waals surface area contributed by atoms with E-state index in [1.54, 1.807) is 0 Å². The first-order valence-electron chi connectivity index (χ1n) is 23.1. The number of nitrogens with zero attached hydrogens (tertiary/aromatic N) is 3. The summed E-state index contributed by atoms with van der Waals surface area (Å²) in [4.78, 5) is 36.5. The topological polar surface area (TPSA) is 127 Å². The standard InChI is InChI=1S/C52H68N4O7Si/c1-32(50(2,3)4)53-29-36-28-39(60-30-33-20-14-12-15-21-33)41-37(43(36)56-24-18-19-25-56)26-35-27-38-44(55(8)9)46-42(49(54-62-46)61-31-34-22-16-13-17-23-34)48(59)52(38,47(58)40(35)45(41)57)63-64(10,11)51(5,6)7/h12-17,20-23,28,32,35,38,44,53,57H,18-19,24-27,29-31H2,1-11H3/t32-,35+,38+,44+,52+/m1/s1. The van der Waals surface area contributed by atoms with Crippen molar-refractivity contribution in [3.8, 4) is 11.6 Å². The van der Waals surface area contributed by atoms with E-state index in [-0.39, 0.29) is 52.5 Å². The van der Waals surface area contributed by atoms with E-state index in [2.05, 4.69) is 83.0 Å². The largest absolute Gasteiger partial charge is 0.507 e. The lowest BCUT2D eigenvalue weighted by atomic mass is 9.57. The normalized spacial score (nSPS) is 22.9. The van der Waals surface area contributed by atoms with Gasteiger partial charge in [-0.3, -0.25) is 14.5 Å². The number of carbonyl (C=O) groups excluding carboxylic acids is 2. The third kappa shape index (κ3) is 8.13. The first kappa shape index (κ1) is 45.8. The van der Waals surface area contributed by atoms with Crippen LogP contribution in [0.3, 0.4) is 0 Å². The second kappa shape index (κ2) is 17.2. The van der Waals surface area contributed by atoms with Crippen molar-refractivity contribution >= 4 is 31.3 Å². The molecule has 1 aliphatic heterocycles. The van der Waals surface area contributed by atoms with E-state index in [9.17, 15) is 5.11 Å². The predicted molar refractivity (Wildman–Crippen MR) is 253 cm³/mol. The van der Waals surface area contributed by atoms with Gasteiger partial charge < -0.3 is 33.7 Å². The summed E-state index contributed by atoms with van der Waals surface area (Å²) in [5.41, 5.74) is 3.97. The van der Waals surface area contributed by atoms with Gasteiger partial charge in [0.15, 0.2) is 19.7 Å². The van der Waals surface area contributed by atoms with Crippen LogP contribution in [-0.2, 0) is 35.4 Å². The van der Waals surface area contributed by atoms with E-state index in [1.807, 2.05) is 79.7 Å². The van der Waals surface area contributed by atoms with Crippen LogP contribution in [0.15, 0.2) is 76.8 Å². The van der Waals surface area contributed by atoms with Gasteiger partial charge in [-0.05, 0) is 110 Å². The van der Waals surface area contributed by atoms with Gasteiger partial charge in [-0.25, -0.2) is 0 Å². The van der Waals surface area contributed by atoms with Crippen LogP contribution in [0.1, 0.15) is 118 Å². The van der Waals surface area contributed by atoms with Crippen LogP contribution in [-0.4, -0.2) is 73.9 Å². The quantitative estimate of drug-likeness (QED) is 0.0984. The second-order valence-corrected chi connectivity index (χ2v) is 26.1. The summed E-state index contributed by atoms with van der Waals surface area (Å²) in [5, 5.41) is 20.9. The number of ether oxygens (including phenoxy) is 2. The Labute approximate surface area is 380 Å². The predicted octanol–water partition coefficient (Wildman–Crippen LogP) is 10.2. The Morgan fingerprint density at radius 2 is 1.53 bits per heavy atom. The molecule has 2 fully saturated rings. The van der Waals surface area contributed by atoms with Crippen LogP contribution < -0.4 is 19.7 Å². The molecule has 2 N–H and O–H groups in total. The molecule has 1 saturated carbocycles. The summed E-state index contributed by atoms with van der Waals surface area (Å²) >= 11 is 0. The zero-order valence-corrected chi connectivity index (χ0v) is 40.8. The highest BCUT2D eigenvalue weighted by molar-refractivity contribution is 6.74. The number of anilines is 1. The van der Waals surface area contributed by atoms with E-state index in [4.69, 9.17) is 18.4 Å². The molecule has 0 radical (unpaired) electrons. The summed E-state index contributed by atoms with van der Waals surface area (Å²) in [6.07, 6.45) is 3.00. The van der Waals surface area contributed by atoms with Gasteiger partial charge >= 0.3 is 0 Å². The van der Waals surface area contributed by atoms with E-state index in [1.165, 1.54) is 0 Å². The van der Waals surface area contributed by atoms with Gasteiger partial charge in [0.2, 0.25) is 11.6 Å². The zero-order valence-electron chi connectivity index (χ0n) is 39.8. The molecule has 12 heteroatoms. The van der Waals surface area contributed by atoms with Crippen molar-refractivity contribution in [2.45, 2.75) is 130 Å². The van der Waals surface area contributed by atoms with Crippen molar-refractivity contribution in [3.05, 3.63) is 111 Å². The first-order chi connectivity index (χ1) is 30.2. The molecular formula is C52H68N4O7Si. The van der Waals surface area contributed by atoms with E-state index in [0.29, 0.717) is 36.5 Å². The maximum absolute atomic E-state index is 16.2. The van der Waals surface area contributed by atoms with Crippen molar-refractivity contribution in [2.24, 2.45) is 17.3 Å². The highest BCUT2D eigenvalue weighted by Crippen LogP contribution is 2.60. The number of aliphatic hydroxyl groups is 1. The molecule has 4 aliphatic rings. The number of hydrogen-bond donors (Lipinski definition) is 2. The fraction of sp³-hybridized carbons (Fsp3) is 0.519. The zero-order chi connectivity index (χ0) is 45.9. The van der Waals surface area contributed by atoms with E-state index >= 15 is 9.59 Å². The van der Waals surface area contributed by atoms with Crippen molar-refractivity contribution < 1.29 is 33.1 Å². The smallest absolute Gasteiger partial charge is 0.265 e. The van der Waals surface area contributed by atoms with E-state index in [0.717, 1.165) is 53.9 Å². The Morgan fingerprint density at radius 1 is 0.922 bits per heavy atom. The van der Waals surface area contributed by atoms with Crippen LogP contribution in [0.5, 0.6) is 11.6 Å². The third-order valence-corrected chi connectivity index (χ3v) is 19.3. The lowest BCUT2D eigenvalue weighted by Crippen LogP contribution is -2.68. The number of fused-ring (bicyclic) bond motifs is 4. The molecule has 64 heavy (non-hydrogen) atoms. The minimum atomic E-state index is -2.92. The first-order valence-corrected chi connectivity index (χ1v) is 26.0. The molecule has 2 heterocycles. The molecule has 4 aromatic rings. The van der Waals surface area contributed by atoms with Gasteiger partial charge in [-0.2, -0.15) is 0 Å². The van der Waals surface area contributed by atoms with E-state index < -0.39 is 43.4 Å². The summed E-state index contributed by atoms with van der Waals surface area (Å²) in [5.74, 6) is -1.33. The van der Waals surface area contributed by atoms with Gasteiger partial charge in [-0.15, -0.1) is 0 Å². The van der Waals surface area contributed by atoms with Gasteiger partial charge in [-0.1, -0.05) is 102 Å². The minimum Gasteiger partial charge on any atom is -0.507 e. The van der Waals surface area contributed by atoms with Crippen LogP contribution in [0.2, 0.25) is 18.1 Å². The average Bonchev–Trinajstić information content (AvgIpc) is 3.93. The van der Waals surface area contributed by atoms with Crippen molar-refractivity contribution in [1.29, 1.82) is 0 Å². The monoisotopic (exact) mass is 888 g/mol. The molecule has 0 bridgehead atoms. The van der Waals surface area contributed by atoms with Crippen LogP contribution in [0.25, 0.3) is 5.76 Å². The minimum absolute atomic E-state index is 0.0308. The van der Waals surface area contributed by atoms with Crippen molar-refractivity contribution in [2.75, 3.05) is 32.1 Å². The second-order valence-electron chi connectivity index (χ2n) is 21.3. The molecule has 1 saturated heterocycles. The Hall–Kier alpha value is -4.75. The molecule has 0 unspecified atom stereocenters. The maximum Gasteiger partial charge on any atom is 0.265 e. The average molecular weight is 889 g/mol. The van der Waals surface area contributed by atoms with Crippen LogP contribution >= 0.6 is 0 Å². The number of aliphatic hydroxyl groups excluding tert-OH is 1. The number of carbonyl (C=O) groups is 2. The molecule has 8 rings (SSSR count). The number of rotatable bonds is 13. The molecule has 1 aromatic heterocycles. The third-order valence-electron chi connectivity index (χ3n) is 14.9. The maximum atomic E-state index is 16.2. The summed E-state index contributed by atoms with van der Waals surface area (Å²) in [6.45, 7) is 22.2. The summed E-state index contributed by atoms with van der Waals surface area (Å²) in [7, 11) is 0.965. The molecule has 0 amide bonds. The molecule has 342 valence electrons. The highest BCUT2D eigenvalue weighted by Gasteiger charge is 2.69. The van der Waals surface area contributed by atoms with Crippen LogP contribution in [0, 0.1) is 17.3 Å².